The topological polar surface area (TPSA) is 40.6 Å². The summed E-state index contributed by atoms with van der Waals surface area (Å²) in [6.07, 6.45) is 3.22. The first-order valence-corrected chi connectivity index (χ1v) is 9.60. The molecule has 0 bridgehead atoms. The van der Waals surface area contributed by atoms with Crippen LogP contribution in [0.2, 0.25) is 0 Å². The molecule has 0 aromatic heterocycles. The van der Waals surface area contributed by atoms with Gasteiger partial charge in [0.2, 0.25) is 11.8 Å². The molecule has 0 saturated heterocycles. The van der Waals surface area contributed by atoms with E-state index in [1.54, 1.807) is 0 Å². The number of nitrogens with zero attached hydrogens (tertiary/aromatic N) is 2. The molecule has 138 valence electrons. The maximum Gasteiger partial charge on any atom is 0.238 e. The van der Waals surface area contributed by atoms with E-state index in [4.69, 9.17) is 0 Å². The standard InChI is InChI=1S/C21H32N2O2/c1-5-14-22(15-6-2)19(24)21(12-13-21)20(25)23(17(3)4)16-18-10-8-7-9-11-18/h7-11,17H,5-6,12-16H2,1-4H3. The van der Waals surface area contributed by atoms with Crippen molar-refractivity contribution in [3.63, 3.8) is 0 Å². The van der Waals surface area contributed by atoms with Gasteiger partial charge in [-0.2, -0.15) is 0 Å². The lowest BCUT2D eigenvalue weighted by molar-refractivity contribution is -0.151. The van der Waals surface area contributed by atoms with Crippen molar-refractivity contribution >= 4 is 11.8 Å². The molecular weight excluding hydrogens is 312 g/mol. The normalized spacial score (nSPS) is 15.1. The Morgan fingerprint density at radius 2 is 1.56 bits per heavy atom. The van der Waals surface area contributed by atoms with Gasteiger partial charge in [-0.1, -0.05) is 44.2 Å². The van der Waals surface area contributed by atoms with Crippen LogP contribution < -0.4 is 0 Å². The highest BCUT2D eigenvalue weighted by atomic mass is 16.2. The molecule has 0 heterocycles. The van der Waals surface area contributed by atoms with Gasteiger partial charge in [0.25, 0.3) is 0 Å². The molecule has 0 atom stereocenters. The predicted octanol–water partition coefficient (Wildman–Crippen LogP) is 3.85. The molecule has 0 spiro atoms. The molecule has 0 radical (unpaired) electrons. The van der Waals surface area contributed by atoms with E-state index in [0.29, 0.717) is 19.4 Å². The Labute approximate surface area is 152 Å². The van der Waals surface area contributed by atoms with E-state index in [-0.39, 0.29) is 17.9 Å². The average molecular weight is 344 g/mol. The fraction of sp³-hybridized carbons (Fsp3) is 0.619. The fourth-order valence-corrected chi connectivity index (χ4v) is 3.35. The van der Waals surface area contributed by atoms with Crippen molar-refractivity contribution in [2.24, 2.45) is 5.41 Å². The lowest BCUT2D eigenvalue weighted by Crippen LogP contribution is -2.49. The number of carbonyl (C=O) groups is 2. The second kappa shape index (κ2) is 8.50. The van der Waals surface area contributed by atoms with Gasteiger partial charge in [-0.05, 0) is 45.1 Å². The maximum absolute atomic E-state index is 13.3. The van der Waals surface area contributed by atoms with Crippen molar-refractivity contribution in [3.8, 4) is 0 Å². The number of amides is 2. The van der Waals surface area contributed by atoms with E-state index in [9.17, 15) is 9.59 Å². The van der Waals surface area contributed by atoms with Crippen LogP contribution in [0.3, 0.4) is 0 Å². The van der Waals surface area contributed by atoms with Crippen molar-refractivity contribution in [2.45, 2.75) is 66.0 Å². The molecule has 0 N–H and O–H groups in total. The first kappa shape index (κ1) is 19.5. The van der Waals surface area contributed by atoms with Gasteiger partial charge >= 0.3 is 0 Å². The van der Waals surface area contributed by atoms with Gasteiger partial charge in [-0.15, -0.1) is 0 Å². The molecule has 4 heteroatoms. The summed E-state index contributed by atoms with van der Waals surface area (Å²) in [5.74, 6) is 0.0495. The Morgan fingerprint density at radius 1 is 1.00 bits per heavy atom. The minimum atomic E-state index is -0.802. The summed E-state index contributed by atoms with van der Waals surface area (Å²) in [5, 5.41) is 0. The minimum absolute atomic E-state index is 0.00793. The van der Waals surface area contributed by atoms with E-state index in [1.807, 2.05) is 54.0 Å². The summed E-state index contributed by atoms with van der Waals surface area (Å²) < 4.78 is 0. The van der Waals surface area contributed by atoms with Gasteiger partial charge in [0.05, 0.1) is 0 Å². The van der Waals surface area contributed by atoms with E-state index in [1.165, 1.54) is 0 Å². The average Bonchev–Trinajstić information content (AvgIpc) is 3.41. The van der Waals surface area contributed by atoms with E-state index in [2.05, 4.69) is 13.8 Å². The summed E-state index contributed by atoms with van der Waals surface area (Å²) in [6, 6.07) is 10.1. The number of benzene rings is 1. The Balaban J connectivity index is 2.18. The molecule has 0 unspecified atom stereocenters. The molecule has 25 heavy (non-hydrogen) atoms. The van der Waals surface area contributed by atoms with Crippen molar-refractivity contribution in [3.05, 3.63) is 35.9 Å². The molecule has 1 aliphatic carbocycles. The van der Waals surface area contributed by atoms with Gasteiger partial charge < -0.3 is 9.80 Å². The lowest BCUT2D eigenvalue weighted by atomic mass is 10.0. The monoisotopic (exact) mass is 344 g/mol. The summed E-state index contributed by atoms with van der Waals surface area (Å²) in [6.45, 7) is 10.2. The van der Waals surface area contributed by atoms with Crippen molar-refractivity contribution in [1.82, 2.24) is 9.80 Å². The van der Waals surface area contributed by atoms with Gasteiger partial charge in [-0.3, -0.25) is 9.59 Å². The van der Waals surface area contributed by atoms with Gasteiger partial charge in [-0.25, -0.2) is 0 Å². The van der Waals surface area contributed by atoms with E-state index >= 15 is 0 Å². The van der Waals surface area contributed by atoms with Crippen LogP contribution >= 0.6 is 0 Å². The summed E-state index contributed by atoms with van der Waals surface area (Å²) >= 11 is 0. The van der Waals surface area contributed by atoms with Crippen LogP contribution in [0.1, 0.15) is 58.9 Å². The number of carbonyl (C=O) groups excluding carboxylic acids is 2. The quantitative estimate of drug-likeness (QED) is 0.638. The Bertz CT molecular complexity index is 573. The third-order valence-electron chi connectivity index (χ3n) is 4.92. The molecule has 1 aromatic rings. The Morgan fingerprint density at radius 3 is 2.00 bits per heavy atom. The highest BCUT2D eigenvalue weighted by molar-refractivity contribution is 6.07. The second-order valence-corrected chi connectivity index (χ2v) is 7.39. The van der Waals surface area contributed by atoms with Gasteiger partial charge in [0.1, 0.15) is 5.41 Å². The maximum atomic E-state index is 13.3. The highest BCUT2D eigenvalue weighted by Gasteiger charge is 2.59. The van der Waals surface area contributed by atoms with Crippen LogP contribution in [-0.4, -0.2) is 40.7 Å². The Kier molecular flexibility index (Phi) is 6.63. The number of hydrogen-bond donors (Lipinski definition) is 0. The predicted molar refractivity (Wildman–Crippen MR) is 101 cm³/mol. The van der Waals surface area contributed by atoms with Crippen molar-refractivity contribution < 1.29 is 9.59 Å². The van der Waals surface area contributed by atoms with Crippen LogP contribution in [0.15, 0.2) is 30.3 Å². The van der Waals surface area contributed by atoms with E-state index < -0.39 is 5.41 Å². The molecule has 4 nitrogen and oxygen atoms in total. The molecular formula is C21H32N2O2. The van der Waals surface area contributed by atoms with Crippen LogP contribution in [0.25, 0.3) is 0 Å². The largest absolute Gasteiger partial charge is 0.342 e. The molecule has 1 aromatic carbocycles. The van der Waals surface area contributed by atoms with Crippen molar-refractivity contribution in [2.75, 3.05) is 13.1 Å². The summed E-state index contributed by atoms with van der Waals surface area (Å²) in [5.41, 5.74) is 0.301. The zero-order chi connectivity index (χ0) is 18.4. The molecule has 0 aliphatic heterocycles. The van der Waals surface area contributed by atoms with Gasteiger partial charge in [0.15, 0.2) is 0 Å². The van der Waals surface area contributed by atoms with Crippen molar-refractivity contribution in [1.29, 1.82) is 0 Å². The SMILES string of the molecule is CCCN(CCC)C(=O)C1(C(=O)N(Cc2ccccc2)C(C)C)CC1. The number of hydrogen-bond acceptors (Lipinski definition) is 2. The number of rotatable bonds is 9. The third kappa shape index (κ3) is 4.42. The zero-order valence-electron chi connectivity index (χ0n) is 16.1. The van der Waals surface area contributed by atoms with Crippen LogP contribution in [0.5, 0.6) is 0 Å². The molecule has 2 rings (SSSR count). The minimum Gasteiger partial charge on any atom is -0.342 e. The highest BCUT2D eigenvalue weighted by Crippen LogP contribution is 2.49. The smallest absolute Gasteiger partial charge is 0.238 e. The molecule has 1 aliphatic rings. The lowest BCUT2D eigenvalue weighted by Gasteiger charge is -2.33. The molecule has 1 fully saturated rings. The first-order valence-electron chi connectivity index (χ1n) is 9.60. The second-order valence-electron chi connectivity index (χ2n) is 7.39. The molecule has 1 saturated carbocycles. The van der Waals surface area contributed by atoms with E-state index in [0.717, 1.165) is 31.5 Å². The first-order chi connectivity index (χ1) is 12.0. The molecule has 2 amide bonds. The summed E-state index contributed by atoms with van der Waals surface area (Å²) in [4.78, 5) is 30.2. The fourth-order valence-electron chi connectivity index (χ4n) is 3.35. The van der Waals surface area contributed by atoms with Crippen LogP contribution in [0.4, 0.5) is 0 Å². The zero-order valence-corrected chi connectivity index (χ0v) is 16.1. The summed E-state index contributed by atoms with van der Waals surface area (Å²) in [7, 11) is 0. The van der Waals surface area contributed by atoms with Crippen LogP contribution in [0, 0.1) is 5.41 Å². The Hall–Kier alpha value is -1.84. The van der Waals surface area contributed by atoms with Gasteiger partial charge in [0, 0.05) is 25.7 Å². The van der Waals surface area contributed by atoms with Crippen LogP contribution in [-0.2, 0) is 16.1 Å². The third-order valence-corrected chi connectivity index (χ3v) is 4.92.